The lowest BCUT2D eigenvalue weighted by Gasteiger charge is -2.22. The molecule has 0 saturated carbocycles. The minimum Gasteiger partial charge on any atom is -0.345 e. The standard InChI is InChI=1S/C25H22F3N3O3/c1-16-3-2-4-22(9-16)30-23(32)13-29-24(33)15-31(14-17-5-7-19(26)8-6-17)25(34)18-10-20(27)12-21(28)11-18/h2-12H,13-15H2,1H3,(H,29,33)(H,30,32). The average molecular weight is 469 g/mol. The lowest BCUT2D eigenvalue weighted by molar-refractivity contribution is -0.124. The molecule has 3 amide bonds. The SMILES string of the molecule is Cc1cccc(NC(=O)CNC(=O)CN(Cc2ccc(F)cc2)C(=O)c2cc(F)cc(F)c2)c1. The summed E-state index contributed by atoms with van der Waals surface area (Å²) < 4.78 is 40.5. The van der Waals surface area contributed by atoms with Crippen LogP contribution >= 0.6 is 0 Å². The van der Waals surface area contributed by atoms with Crippen LogP contribution in [0.3, 0.4) is 0 Å². The van der Waals surface area contributed by atoms with Crippen LogP contribution in [-0.2, 0) is 16.1 Å². The predicted molar refractivity (Wildman–Crippen MR) is 120 cm³/mol. The molecule has 34 heavy (non-hydrogen) atoms. The van der Waals surface area contributed by atoms with Crippen molar-refractivity contribution in [1.82, 2.24) is 10.2 Å². The van der Waals surface area contributed by atoms with Gasteiger partial charge in [-0.15, -0.1) is 0 Å². The predicted octanol–water partition coefficient (Wildman–Crippen LogP) is 3.81. The van der Waals surface area contributed by atoms with Crippen LogP contribution in [0.5, 0.6) is 0 Å². The molecule has 9 heteroatoms. The number of carbonyl (C=O) groups excluding carboxylic acids is 3. The molecule has 0 unspecified atom stereocenters. The zero-order valence-corrected chi connectivity index (χ0v) is 18.3. The first kappa shape index (κ1) is 24.5. The Balaban J connectivity index is 1.68. The Labute approximate surface area is 194 Å². The zero-order chi connectivity index (χ0) is 24.7. The van der Waals surface area contributed by atoms with Gasteiger partial charge in [-0.2, -0.15) is 0 Å². The van der Waals surface area contributed by atoms with E-state index in [1.54, 1.807) is 18.2 Å². The molecule has 176 valence electrons. The number of rotatable bonds is 8. The number of amides is 3. The van der Waals surface area contributed by atoms with Crippen LogP contribution < -0.4 is 10.6 Å². The molecule has 0 spiro atoms. The van der Waals surface area contributed by atoms with E-state index in [4.69, 9.17) is 0 Å². The van der Waals surface area contributed by atoms with E-state index < -0.39 is 41.7 Å². The van der Waals surface area contributed by atoms with Crippen LogP contribution in [0.2, 0.25) is 0 Å². The van der Waals surface area contributed by atoms with Gasteiger partial charge in [0.2, 0.25) is 11.8 Å². The smallest absolute Gasteiger partial charge is 0.254 e. The maximum Gasteiger partial charge on any atom is 0.254 e. The molecule has 3 rings (SSSR count). The first-order chi connectivity index (χ1) is 16.2. The highest BCUT2D eigenvalue weighted by molar-refractivity contribution is 5.98. The highest BCUT2D eigenvalue weighted by Gasteiger charge is 2.21. The summed E-state index contributed by atoms with van der Waals surface area (Å²) in [6.45, 7) is 0.904. The lowest BCUT2D eigenvalue weighted by Crippen LogP contribution is -2.42. The second-order valence-electron chi connectivity index (χ2n) is 7.64. The van der Waals surface area contributed by atoms with E-state index in [0.717, 1.165) is 22.6 Å². The normalized spacial score (nSPS) is 10.5. The van der Waals surface area contributed by atoms with Crippen molar-refractivity contribution in [3.05, 3.63) is 101 Å². The fourth-order valence-corrected chi connectivity index (χ4v) is 3.21. The van der Waals surface area contributed by atoms with E-state index in [-0.39, 0.29) is 18.7 Å². The molecule has 0 fully saturated rings. The number of hydrogen-bond acceptors (Lipinski definition) is 3. The molecule has 0 aliphatic carbocycles. The van der Waals surface area contributed by atoms with Crippen molar-refractivity contribution in [2.45, 2.75) is 13.5 Å². The maximum absolute atomic E-state index is 13.6. The first-order valence-electron chi connectivity index (χ1n) is 10.3. The fourth-order valence-electron chi connectivity index (χ4n) is 3.21. The van der Waals surface area contributed by atoms with Crippen LogP contribution in [0, 0.1) is 24.4 Å². The quantitative estimate of drug-likeness (QED) is 0.527. The minimum absolute atomic E-state index is 0.125. The Morgan fingerprint density at radius 1 is 0.824 bits per heavy atom. The first-order valence-corrected chi connectivity index (χ1v) is 10.3. The van der Waals surface area contributed by atoms with Gasteiger partial charge in [-0.1, -0.05) is 24.3 Å². The summed E-state index contributed by atoms with van der Waals surface area (Å²) in [4.78, 5) is 38.6. The van der Waals surface area contributed by atoms with E-state index >= 15 is 0 Å². The van der Waals surface area contributed by atoms with Crippen molar-refractivity contribution < 1.29 is 27.6 Å². The van der Waals surface area contributed by atoms with Gasteiger partial charge in [-0.05, 0) is 54.4 Å². The lowest BCUT2D eigenvalue weighted by atomic mass is 10.1. The van der Waals surface area contributed by atoms with Crippen LogP contribution in [0.15, 0.2) is 66.7 Å². The van der Waals surface area contributed by atoms with Crippen molar-refractivity contribution in [2.75, 3.05) is 18.4 Å². The molecule has 2 N–H and O–H groups in total. The Hall–Kier alpha value is -4.14. The number of aryl methyl sites for hydroxylation is 1. The molecule has 0 radical (unpaired) electrons. The molecule has 0 aromatic heterocycles. The molecule has 0 bridgehead atoms. The molecular weight excluding hydrogens is 447 g/mol. The largest absolute Gasteiger partial charge is 0.345 e. The molecule has 0 aliphatic heterocycles. The molecule has 0 saturated heterocycles. The molecule has 0 atom stereocenters. The Morgan fingerprint density at radius 2 is 1.50 bits per heavy atom. The van der Waals surface area contributed by atoms with Crippen LogP contribution in [0.25, 0.3) is 0 Å². The van der Waals surface area contributed by atoms with Gasteiger partial charge >= 0.3 is 0 Å². The molecular formula is C25H22F3N3O3. The van der Waals surface area contributed by atoms with Gasteiger partial charge in [0.05, 0.1) is 6.54 Å². The van der Waals surface area contributed by atoms with Gasteiger partial charge in [0.1, 0.15) is 24.0 Å². The van der Waals surface area contributed by atoms with Crippen molar-refractivity contribution in [3.8, 4) is 0 Å². The number of benzene rings is 3. The summed E-state index contributed by atoms with van der Waals surface area (Å²) >= 11 is 0. The summed E-state index contributed by atoms with van der Waals surface area (Å²) in [6.07, 6.45) is 0. The van der Waals surface area contributed by atoms with Gasteiger partial charge in [-0.3, -0.25) is 14.4 Å². The van der Waals surface area contributed by atoms with Gasteiger partial charge in [-0.25, -0.2) is 13.2 Å². The minimum atomic E-state index is -0.942. The number of anilines is 1. The molecule has 3 aromatic rings. The van der Waals surface area contributed by atoms with E-state index in [9.17, 15) is 27.6 Å². The van der Waals surface area contributed by atoms with E-state index in [2.05, 4.69) is 10.6 Å². The third-order valence-electron chi connectivity index (χ3n) is 4.77. The third-order valence-corrected chi connectivity index (χ3v) is 4.77. The highest BCUT2D eigenvalue weighted by Crippen LogP contribution is 2.14. The summed E-state index contributed by atoms with van der Waals surface area (Å²) in [6, 6.07) is 14.7. The Bertz CT molecular complexity index is 1180. The summed E-state index contributed by atoms with van der Waals surface area (Å²) in [5.74, 6) is -4.30. The number of halogens is 3. The van der Waals surface area contributed by atoms with Crippen molar-refractivity contribution in [1.29, 1.82) is 0 Å². The molecule has 0 heterocycles. The van der Waals surface area contributed by atoms with E-state index in [1.807, 2.05) is 13.0 Å². The maximum atomic E-state index is 13.6. The number of nitrogens with one attached hydrogen (secondary N) is 2. The van der Waals surface area contributed by atoms with Crippen LogP contribution in [-0.4, -0.2) is 35.7 Å². The van der Waals surface area contributed by atoms with E-state index in [1.165, 1.54) is 24.3 Å². The highest BCUT2D eigenvalue weighted by atomic mass is 19.1. The van der Waals surface area contributed by atoms with Crippen molar-refractivity contribution >= 4 is 23.4 Å². The number of hydrogen-bond donors (Lipinski definition) is 2. The molecule has 0 aliphatic rings. The second-order valence-corrected chi connectivity index (χ2v) is 7.64. The molecule has 6 nitrogen and oxygen atoms in total. The Morgan fingerprint density at radius 3 is 2.15 bits per heavy atom. The van der Waals surface area contributed by atoms with Gasteiger partial charge in [0.15, 0.2) is 0 Å². The summed E-state index contributed by atoms with van der Waals surface area (Å²) in [5, 5.41) is 5.06. The van der Waals surface area contributed by atoms with Crippen molar-refractivity contribution in [2.24, 2.45) is 0 Å². The topological polar surface area (TPSA) is 78.5 Å². The van der Waals surface area contributed by atoms with E-state index in [0.29, 0.717) is 17.3 Å². The van der Waals surface area contributed by atoms with Crippen LogP contribution in [0.1, 0.15) is 21.5 Å². The van der Waals surface area contributed by atoms with Gasteiger partial charge in [0, 0.05) is 23.9 Å². The van der Waals surface area contributed by atoms with Crippen molar-refractivity contribution in [3.63, 3.8) is 0 Å². The monoisotopic (exact) mass is 469 g/mol. The summed E-state index contributed by atoms with van der Waals surface area (Å²) in [5.41, 5.74) is 1.73. The number of nitrogens with zero attached hydrogens (tertiary/aromatic N) is 1. The van der Waals surface area contributed by atoms with Crippen LogP contribution in [0.4, 0.5) is 18.9 Å². The molecule has 3 aromatic carbocycles. The average Bonchev–Trinajstić information content (AvgIpc) is 2.77. The third kappa shape index (κ3) is 7.19. The Kier molecular flexibility index (Phi) is 8.02. The second kappa shape index (κ2) is 11.1. The van der Waals surface area contributed by atoms with Gasteiger partial charge in [0.25, 0.3) is 5.91 Å². The summed E-state index contributed by atoms with van der Waals surface area (Å²) in [7, 11) is 0. The fraction of sp³-hybridized carbons (Fsp3) is 0.160. The van der Waals surface area contributed by atoms with Gasteiger partial charge < -0.3 is 15.5 Å². The number of carbonyl (C=O) groups is 3. The zero-order valence-electron chi connectivity index (χ0n) is 18.3.